The molecule has 2 nitrogen and oxygen atoms in total. The zero-order chi connectivity index (χ0) is 9.80. The molecule has 0 aliphatic carbocycles. The maximum atomic E-state index is 4.32. The van der Waals surface area contributed by atoms with Crippen LogP contribution in [0.5, 0.6) is 0 Å². The second-order valence-corrected chi connectivity index (χ2v) is 5.45. The summed E-state index contributed by atoms with van der Waals surface area (Å²) in [4.78, 5) is 4.32. The van der Waals surface area contributed by atoms with Crippen molar-refractivity contribution in [3.05, 3.63) is 44.7 Å². The maximum absolute atomic E-state index is 4.32. The molecule has 1 heterocycles. The molecule has 2 aromatic rings. The van der Waals surface area contributed by atoms with Crippen molar-refractivity contribution in [2.24, 2.45) is 0 Å². The van der Waals surface area contributed by atoms with Crippen molar-refractivity contribution in [3.63, 3.8) is 0 Å². The molecule has 0 N–H and O–H groups in total. The van der Waals surface area contributed by atoms with Crippen molar-refractivity contribution in [1.82, 2.24) is 9.36 Å². The maximum Gasteiger partial charge on any atom is 0.173 e. The Kier molecular flexibility index (Phi) is 3.47. The van der Waals surface area contributed by atoms with E-state index in [1.165, 1.54) is 17.1 Å². The summed E-state index contributed by atoms with van der Waals surface area (Å²) in [5, 5.41) is 0. The summed E-state index contributed by atoms with van der Waals surface area (Å²) in [5.74, 6) is 0.961. The highest BCUT2D eigenvalue weighted by Crippen LogP contribution is 2.09. The first-order chi connectivity index (χ1) is 6.84. The Morgan fingerprint density at radius 2 is 1.93 bits per heavy atom. The van der Waals surface area contributed by atoms with Gasteiger partial charge in [0.1, 0.15) is 5.82 Å². The lowest BCUT2D eigenvalue weighted by atomic mass is 10.1. The van der Waals surface area contributed by atoms with Crippen LogP contribution < -0.4 is 0 Å². The topological polar surface area (TPSA) is 25.8 Å². The summed E-state index contributed by atoms with van der Waals surface area (Å²) in [5.41, 5.74) is 1.34. The Labute approximate surface area is 101 Å². The summed E-state index contributed by atoms with van der Waals surface area (Å²) in [7, 11) is 0. The Hall–Kier alpha value is -0.490. The number of benzene rings is 1. The zero-order valence-electron chi connectivity index (χ0n) is 7.48. The van der Waals surface area contributed by atoms with E-state index < -0.39 is 0 Å². The van der Waals surface area contributed by atoms with Gasteiger partial charge in [-0.25, -0.2) is 4.98 Å². The zero-order valence-corrected chi connectivity index (χ0v) is 10.5. The fourth-order valence-corrected chi connectivity index (χ4v) is 2.27. The van der Waals surface area contributed by atoms with Crippen LogP contribution in [0.4, 0.5) is 0 Å². The van der Waals surface area contributed by atoms with E-state index in [-0.39, 0.29) is 0 Å². The van der Waals surface area contributed by atoms with Gasteiger partial charge in [0.2, 0.25) is 0 Å². The first-order valence-corrected chi connectivity index (χ1v) is 6.22. The first-order valence-electron chi connectivity index (χ1n) is 4.36. The molecule has 0 saturated carbocycles. The van der Waals surface area contributed by atoms with Gasteiger partial charge in [0.15, 0.2) is 3.01 Å². The van der Waals surface area contributed by atoms with Gasteiger partial charge < -0.3 is 0 Å². The van der Waals surface area contributed by atoms with Crippen molar-refractivity contribution in [2.45, 2.75) is 12.8 Å². The van der Waals surface area contributed by atoms with Crippen LogP contribution in [0.25, 0.3) is 0 Å². The lowest BCUT2D eigenvalue weighted by molar-refractivity contribution is 0.887. The molecular weight excluding hydrogens is 307 g/mol. The van der Waals surface area contributed by atoms with Crippen molar-refractivity contribution in [2.75, 3.05) is 0 Å². The van der Waals surface area contributed by atoms with Crippen molar-refractivity contribution < 1.29 is 0 Å². The van der Waals surface area contributed by atoms with Crippen LogP contribution in [0.15, 0.2) is 30.3 Å². The second kappa shape index (κ2) is 4.84. The average Bonchev–Trinajstić information content (AvgIpc) is 2.63. The Morgan fingerprint density at radius 3 is 2.57 bits per heavy atom. The van der Waals surface area contributed by atoms with Crippen molar-refractivity contribution in [3.8, 4) is 0 Å². The van der Waals surface area contributed by atoms with Gasteiger partial charge in [-0.1, -0.05) is 30.3 Å². The van der Waals surface area contributed by atoms with Crippen LogP contribution in [0.2, 0.25) is 0 Å². The van der Waals surface area contributed by atoms with Crippen LogP contribution in [-0.4, -0.2) is 9.36 Å². The molecule has 0 radical (unpaired) electrons. The highest BCUT2D eigenvalue weighted by Gasteiger charge is 2.01. The molecule has 72 valence electrons. The molecule has 0 amide bonds. The minimum atomic E-state index is 0.934. The summed E-state index contributed by atoms with van der Waals surface area (Å²) < 4.78 is 5.27. The van der Waals surface area contributed by atoms with E-state index in [1.54, 1.807) is 0 Å². The summed E-state index contributed by atoms with van der Waals surface area (Å²) in [6.45, 7) is 0. The fraction of sp³-hybridized carbons (Fsp3) is 0.200. The minimum absolute atomic E-state index is 0.934. The standard InChI is InChI=1S/C10H9IN2S/c11-10-12-9(13-14-10)7-6-8-4-2-1-3-5-8/h1-5H,6-7H2. The average molecular weight is 316 g/mol. The number of hydrogen-bond acceptors (Lipinski definition) is 3. The first kappa shape index (κ1) is 10.0. The van der Waals surface area contributed by atoms with Crippen molar-refractivity contribution >= 4 is 34.1 Å². The Bertz CT molecular complexity index is 400. The molecule has 0 bridgehead atoms. The summed E-state index contributed by atoms with van der Waals surface area (Å²) in [6, 6.07) is 10.4. The molecule has 0 fully saturated rings. The lowest BCUT2D eigenvalue weighted by Crippen LogP contribution is -1.92. The monoisotopic (exact) mass is 316 g/mol. The third-order valence-electron chi connectivity index (χ3n) is 1.92. The number of aromatic nitrogens is 2. The van der Waals surface area contributed by atoms with E-state index >= 15 is 0 Å². The van der Waals surface area contributed by atoms with E-state index in [9.17, 15) is 0 Å². The van der Waals surface area contributed by atoms with Gasteiger partial charge in [-0.2, -0.15) is 4.37 Å². The van der Waals surface area contributed by atoms with Gasteiger partial charge >= 0.3 is 0 Å². The van der Waals surface area contributed by atoms with Gasteiger partial charge in [-0.05, 0) is 46.1 Å². The highest BCUT2D eigenvalue weighted by molar-refractivity contribution is 14.1. The predicted molar refractivity (Wildman–Crippen MR) is 66.5 cm³/mol. The number of aryl methyl sites for hydroxylation is 2. The molecule has 0 aliphatic rings. The third-order valence-corrected chi connectivity index (χ3v) is 3.30. The molecule has 1 aromatic carbocycles. The minimum Gasteiger partial charge on any atom is -0.213 e. The summed E-state index contributed by atoms with van der Waals surface area (Å²) in [6.07, 6.45) is 1.96. The Balaban J connectivity index is 1.95. The highest BCUT2D eigenvalue weighted by atomic mass is 127. The number of nitrogens with zero attached hydrogens (tertiary/aromatic N) is 2. The molecule has 14 heavy (non-hydrogen) atoms. The van der Waals surface area contributed by atoms with E-state index in [1.807, 2.05) is 6.07 Å². The third kappa shape index (κ3) is 2.75. The van der Waals surface area contributed by atoms with Gasteiger partial charge in [-0.15, -0.1) is 0 Å². The van der Waals surface area contributed by atoms with E-state index in [0.29, 0.717) is 0 Å². The SMILES string of the molecule is Ic1nc(CCc2ccccc2)ns1. The van der Waals surface area contributed by atoms with Gasteiger partial charge in [0, 0.05) is 6.42 Å². The molecule has 0 unspecified atom stereocenters. The number of halogens is 1. The van der Waals surface area contributed by atoms with Crippen LogP contribution in [0.1, 0.15) is 11.4 Å². The molecular formula is C10H9IN2S. The van der Waals surface area contributed by atoms with Crippen LogP contribution in [0, 0.1) is 3.01 Å². The fourth-order valence-electron chi connectivity index (χ4n) is 1.24. The molecule has 0 aliphatic heterocycles. The van der Waals surface area contributed by atoms with E-state index in [2.05, 4.69) is 56.2 Å². The molecule has 0 spiro atoms. The van der Waals surface area contributed by atoms with Gasteiger partial charge in [0.25, 0.3) is 0 Å². The molecule has 0 atom stereocenters. The quantitative estimate of drug-likeness (QED) is 0.814. The number of hydrogen-bond donors (Lipinski definition) is 0. The lowest BCUT2D eigenvalue weighted by Gasteiger charge is -1.96. The summed E-state index contributed by atoms with van der Waals surface area (Å²) >= 11 is 3.67. The van der Waals surface area contributed by atoms with E-state index in [0.717, 1.165) is 21.7 Å². The van der Waals surface area contributed by atoms with Crippen LogP contribution in [-0.2, 0) is 12.8 Å². The van der Waals surface area contributed by atoms with Gasteiger partial charge in [0.05, 0.1) is 0 Å². The van der Waals surface area contributed by atoms with Gasteiger partial charge in [-0.3, -0.25) is 0 Å². The normalized spacial score (nSPS) is 10.4. The number of rotatable bonds is 3. The molecule has 4 heteroatoms. The van der Waals surface area contributed by atoms with Crippen molar-refractivity contribution in [1.29, 1.82) is 0 Å². The predicted octanol–water partition coefficient (Wildman–Crippen LogP) is 2.93. The molecule has 0 saturated heterocycles. The van der Waals surface area contributed by atoms with Crippen LogP contribution in [0.3, 0.4) is 0 Å². The van der Waals surface area contributed by atoms with E-state index in [4.69, 9.17) is 0 Å². The smallest absolute Gasteiger partial charge is 0.173 e. The molecule has 1 aromatic heterocycles. The van der Waals surface area contributed by atoms with Crippen LogP contribution >= 0.6 is 34.1 Å². The Morgan fingerprint density at radius 1 is 1.14 bits per heavy atom. The largest absolute Gasteiger partial charge is 0.213 e. The second-order valence-electron chi connectivity index (χ2n) is 2.95. The molecule has 2 rings (SSSR count).